The van der Waals surface area contributed by atoms with E-state index in [-0.39, 0.29) is 5.56 Å². The number of alkyl halides is 3. The van der Waals surface area contributed by atoms with Crippen LogP contribution in [0.2, 0.25) is 0 Å². The second kappa shape index (κ2) is 4.56. The van der Waals surface area contributed by atoms with E-state index >= 15 is 0 Å². The molecule has 17 heavy (non-hydrogen) atoms. The Kier molecular flexibility index (Phi) is 3.28. The average molecular weight is 245 g/mol. The van der Waals surface area contributed by atoms with Crippen LogP contribution in [-0.2, 0) is 6.54 Å². The fourth-order valence-corrected chi connectivity index (χ4v) is 1.89. The summed E-state index contributed by atoms with van der Waals surface area (Å²) in [7, 11) is 0. The maximum absolute atomic E-state index is 12.7. The molecule has 0 radical (unpaired) electrons. The molecule has 0 saturated carbocycles. The van der Waals surface area contributed by atoms with Crippen molar-refractivity contribution in [3.05, 3.63) is 29.3 Å². The van der Waals surface area contributed by atoms with Crippen LogP contribution in [0.25, 0.3) is 0 Å². The molecular formula is C12H14F3NO. The summed E-state index contributed by atoms with van der Waals surface area (Å²) < 4.78 is 43.6. The molecule has 1 heterocycles. The molecular weight excluding hydrogens is 231 g/mol. The van der Waals surface area contributed by atoms with E-state index in [2.05, 4.69) is 5.32 Å². The van der Waals surface area contributed by atoms with Crippen molar-refractivity contribution >= 4 is 0 Å². The van der Waals surface area contributed by atoms with E-state index in [0.29, 0.717) is 25.4 Å². The van der Waals surface area contributed by atoms with Gasteiger partial charge in [0.05, 0.1) is 5.92 Å². The summed E-state index contributed by atoms with van der Waals surface area (Å²) in [5.41, 5.74) is 1.01. The predicted octanol–water partition coefficient (Wildman–Crippen LogP) is 2.83. The van der Waals surface area contributed by atoms with Crippen molar-refractivity contribution < 1.29 is 17.9 Å². The van der Waals surface area contributed by atoms with Crippen molar-refractivity contribution in [3.8, 4) is 5.75 Å². The molecule has 0 spiro atoms. The maximum Gasteiger partial charge on any atom is 0.395 e. The van der Waals surface area contributed by atoms with Crippen molar-refractivity contribution in [1.82, 2.24) is 5.32 Å². The third-order valence-electron chi connectivity index (χ3n) is 2.93. The highest BCUT2D eigenvalue weighted by Gasteiger charge is 2.39. The van der Waals surface area contributed by atoms with E-state index in [9.17, 15) is 13.2 Å². The Morgan fingerprint density at radius 1 is 1.35 bits per heavy atom. The van der Waals surface area contributed by atoms with Crippen molar-refractivity contribution in [3.63, 3.8) is 0 Å². The molecule has 0 saturated heterocycles. The van der Waals surface area contributed by atoms with Crippen LogP contribution >= 0.6 is 0 Å². The van der Waals surface area contributed by atoms with Gasteiger partial charge in [0.1, 0.15) is 12.4 Å². The van der Waals surface area contributed by atoms with Crippen molar-refractivity contribution in [2.24, 2.45) is 0 Å². The fraction of sp³-hybridized carbons (Fsp3) is 0.500. The fourth-order valence-electron chi connectivity index (χ4n) is 1.89. The van der Waals surface area contributed by atoms with Crippen LogP contribution in [0, 0.1) is 0 Å². The number of para-hydroxylation sites is 1. The zero-order chi connectivity index (χ0) is 12.5. The highest BCUT2D eigenvalue weighted by atomic mass is 19.4. The van der Waals surface area contributed by atoms with E-state index in [1.807, 2.05) is 0 Å². The first-order valence-electron chi connectivity index (χ1n) is 5.52. The number of hydrogen-bond donors (Lipinski definition) is 1. The standard InChI is InChI=1S/C12H14F3NO/c1-8(12(13,14)15)10-4-2-3-9-7-16-5-6-17-11(9)10/h2-4,8,16H,5-7H2,1H3. The Bertz CT molecular complexity index is 403. The third kappa shape index (κ3) is 2.54. The molecule has 0 bridgehead atoms. The van der Waals surface area contributed by atoms with Gasteiger partial charge in [0.25, 0.3) is 0 Å². The second-order valence-corrected chi connectivity index (χ2v) is 4.12. The topological polar surface area (TPSA) is 21.3 Å². The largest absolute Gasteiger partial charge is 0.492 e. The van der Waals surface area contributed by atoms with Gasteiger partial charge in [-0.3, -0.25) is 0 Å². The first-order chi connectivity index (χ1) is 8.00. The molecule has 1 N–H and O–H groups in total. The number of rotatable bonds is 1. The third-order valence-corrected chi connectivity index (χ3v) is 2.93. The van der Waals surface area contributed by atoms with Gasteiger partial charge in [0.2, 0.25) is 0 Å². The normalized spacial score (nSPS) is 17.9. The van der Waals surface area contributed by atoms with Gasteiger partial charge in [0.15, 0.2) is 0 Å². The van der Waals surface area contributed by atoms with Crippen LogP contribution in [0.3, 0.4) is 0 Å². The Morgan fingerprint density at radius 3 is 2.82 bits per heavy atom. The highest BCUT2D eigenvalue weighted by Crippen LogP contribution is 2.40. The quantitative estimate of drug-likeness (QED) is 0.821. The van der Waals surface area contributed by atoms with Gasteiger partial charge in [-0.2, -0.15) is 13.2 Å². The summed E-state index contributed by atoms with van der Waals surface area (Å²) in [5, 5.41) is 3.10. The second-order valence-electron chi connectivity index (χ2n) is 4.12. The van der Waals surface area contributed by atoms with E-state index in [1.165, 1.54) is 6.07 Å². The van der Waals surface area contributed by atoms with Gasteiger partial charge >= 0.3 is 6.18 Å². The Balaban J connectivity index is 2.41. The number of benzene rings is 1. The molecule has 1 atom stereocenters. The molecule has 0 aromatic heterocycles. The zero-order valence-corrected chi connectivity index (χ0v) is 9.47. The summed E-state index contributed by atoms with van der Waals surface area (Å²) in [6, 6.07) is 4.93. The number of fused-ring (bicyclic) bond motifs is 1. The van der Waals surface area contributed by atoms with Crippen LogP contribution in [0.5, 0.6) is 5.75 Å². The first kappa shape index (κ1) is 12.2. The van der Waals surface area contributed by atoms with Gasteiger partial charge in [-0.05, 0) is 6.92 Å². The van der Waals surface area contributed by atoms with Crippen LogP contribution in [-0.4, -0.2) is 19.3 Å². The van der Waals surface area contributed by atoms with Crippen molar-refractivity contribution in [2.45, 2.75) is 25.6 Å². The molecule has 1 aromatic rings. The Labute approximate surface area is 97.8 Å². The van der Waals surface area contributed by atoms with E-state index in [4.69, 9.17) is 4.74 Å². The van der Waals surface area contributed by atoms with Crippen LogP contribution in [0.15, 0.2) is 18.2 Å². The van der Waals surface area contributed by atoms with E-state index in [1.54, 1.807) is 12.1 Å². The minimum absolute atomic E-state index is 0.221. The van der Waals surface area contributed by atoms with Gasteiger partial charge in [-0.15, -0.1) is 0 Å². The van der Waals surface area contributed by atoms with E-state index in [0.717, 1.165) is 12.5 Å². The lowest BCUT2D eigenvalue weighted by Gasteiger charge is -2.20. The minimum Gasteiger partial charge on any atom is -0.492 e. The predicted molar refractivity (Wildman–Crippen MR) is 58.1 cm³/mol. The Hall–Kier alpha value is -1.23. The van der Waals surface area contributed by atoms with Crippen LogP contribution in [0.4, 0.5) is 13.2 Å². The molecule has 0 aliphatic carbocycles. The zero-order valence-electron chi connectivity index (χ0n) is 9.47. The number of ether oxygens (including phenoxy) is 1. The van der Waals surface area contributed by atoms with E-state index < -0.39 is 12.1 Å². The lowest BCUT2D eigenvalue weighted by Crippen LogP contribution is -2.19. The van der Waals surface area contributed by atoms with Crippen LogP contribution in [0.1, 0.15) is 24.0 Å². The molecule has 1 aliphatic heterocycles. The first-order valence-corrected chi connectivity index (χ1v) is 5.52. The van der Waals surface area contributed by atoms with Crippen molar-refractivity contribution in [2.75, 3.05) is 13.2 Å². The summed E-state index contributed by atoms with van der Waals surface area (Å²) in [6.07, 6.45) is -4.24. The summed E-state index contributed by atoms with van der Waals surface area (Å²) in [5.74, 6) is -1.11. The summed E-state index contributed by atoms with van der Waals surface area (Å²) in [6.45, 7) is 2.76. The number of halogens is 3. The highest BCUT2D eigenvalue weighted by molar-refractivity contribution is 5.44. The summed E-state index contributed by atoms with van der Waals surface area (Å²) >= 11 is 0. The van der Waals surface area contributed by atoms with Crippen molar-refractivity contribution in [1.29, 1.82) is 0 Å². The molecule has 0 fully saturated rings. The maximum atomic E-state index is 12.7. The van der Waals surface area contributed by atoms with Gasteiger partial charge < -0.3 is 10.1 Å². The molecule has 2 nitrogen and oxygen atoms in total. The van der Waals surface area contributed by atoms with Gasteiger partial charge in [-0.1, -0.05) is 18.2 Å². The van der Waals surface area contributed by atoms with Crippen LogP contribution < -0.4 is 10.1 Å². The molecule has 0 amide bonds. The molecule has 1 unspecified atom stereocenters. The molecule has 1 aliphatic rings. The molecule has 1 aromatic carbocycles. The molecule has 94 valence electrons. The lowest BCUT2D eigenvalue weighted by molar-refractivity contribution is -0.146. The van der Waals surface area contributed by atoms with Gasteiger partial charge in [-0.25, -0.2) is 0 Å². The molecule has 2 rings (SSSR count). The molecule has 5 heteroatoms. The Morgan fingerprint density at radius 2 is 2.12 bits per heavy atom. The number of nitrogens with one attached hydrogen (secondary N) is 1. The summed E-state index contributed by atoms with van der Waals surface area (Å²) in [4.78, 5) is 0. The smallest absolute Gasteiger partial charge is 0.395 e. The lowest BCUT2D eigenvalue weighted by atomic mass is 9.97. The average Bonchev–Trinajstić information content (AvgIpc) is 2.51. The minimum atomic E-state index is -4.24. The number of hydrogen-bond acceptors (Lipinski definition) is 2. The SMILES string of the molecule is CC(c1cccc2c1OCCNC2)C(F)(F)F. The van der Waals surface area contributed by atoms with Gasteiger partial charge in [0, 0.05) is 24.2 Å². The monoisotopic (exact) mass is 245 g/mol.